The van der Waals surface area contributed by atoms with Crippen LogP contribution in [0, 0.1) is 5.21 Å². The van der Waals surface area contributed by atoms with Crippen LogP contribution in [0.15, 0.2) is 0 Å². The summed E-state index contributed by atoms with van der Waals surface area (Å²) in [6.45, 7) is 3.68. The third-order valence-electron chi connectivity index (χ3n) is 1.43. The van der Waals surface area contributed by atoms with Crippen molar-refractivity contribution in [3.63, 3.8) is 0 Å². The van der Waals surface area contributed by atoms with Crippen LogP contribution >= 0.6 is 0 Å². The highest BCUT2D eigenvalue weighted by atomic mass is 16.5. The average molecular weight is 118 g/mol. The number of quaternary nitrogens is 1. The van der Waals surface area contributed by atoms with Crippen molar-refractivity contribution in [1.82, 2.24) is 0 Å². The number of rotatable bonds is 2. The normalized spacial score (nSPS) is 22.1. The third kappa shape index (κ3) is 2.26. The van der Waals surface area contributed by atoms with E-state index < -0.39 is 0 Å². The van der Waals surface area contributed by atoms with Gasteiger partial charge < -0.3 is 16.0 Å². The van der Waals surface area contributed by atoms with Gasteiger partial charge in [0.1, 0.15) is 0 Å². The Balaban J connectivity index is 3.46. The fourth-order valence-electron chi connectivity index (χ4n) is 0.370. The highest BCUT2D eigenvalue weighted by Gasteiger charge is 2.09. The molecule has 3 unspecified atom stereocenters. The maximum atomic E-state index is 10.5. The second kappa shape index (κ2) is 3.02. The Morgan fingerprint density at radius 1 is 1.50 bits per heavy atom. The first kappa shape index (κ1) is 7.88. The van der Waals surface area contributed by atoms with Crippen LogP contribution in [0.3, 0.4) is 0 Å². The summed E-state index contributed by atoms with van der Waals surface area (Å²) >= 11 is 0. The fourth-order valence-corrected chi connectivity index (χ4v) is 0.370. The summed E-state index contributed by atoms with van der Waals surface area (Å²) in [6.07, 6.45) is 0. The minimum absolute atomic E-state index is 0.00694. The van der Waals surface area contributed by atoms with Gasteiger partial charge in [-0.15, -0.1) is 0 Å². The van der Waals surface area contributed by atoms with Gasteiger partial charge in [0.05, 0.1) is 19.1 Å². The molecule has 0 amide bonds. The minimum atomic E-state index is -0.00694. The first-order chi connectivity index (χ1) is 3.55. The van der Waals surface area contributed by atoms with Gasteiger partial charge in [-0.1, -0.05) is 0 Å². The highest BCUT2D eigenvalue weighted by molar-refractivity contribution is 4.59. The van der Waals surface area contributed by atoms with Gasteiger partial charge in [-0.3, -0.25) is 0 Å². The van der Waals surface area contributed by atoms with Crippen molar-refractivity contribution in [1.29, 1.82) is 0 Å². The van der Waals surface area contributed by atoms with Crippen LogP contribution in [0.25, 0.3) is 0 Å². The molecule has 0 saturated carbocycles. The molecule has 3 heteroatoms. The van der Waals surface area contributed by atoms with E-state index in [1.54, 1.807) is 7.05 Å². The van der Waals surface area contributed by atoms with Gasteiger partial charge in [0.25, 0.3) is 0 Å². The largest absolute Gasteiger partial charge is 0.634 e. The topological polar surface area (TPSA) is 53.5 Å². The number of hydrogen-bond donors (Lipinski definition) is 2. The van der Waals surface area contributed by atoms with Gasteiger partial charge in [0.15, 0.2) is 0 Å². The summed E-state index contributed by atoms with van der Waals surface area (Å²) in [5.41, 5.74) is 5.42. The van der Waals surface area contributed by atoms with Crippen molar-refractivity contribution in [2.75, 3.05) is 7.05 Å². The summed E-state index contributed by atoms with van der Waals surface area (Å²) in [6, 6.07) is 0.00231. The molecule has 0 bridgehead atoms. The summed E-state index contributed by atoms with van der Waals surface area (Å²) in [7, 11) is 1.56. The van der Waals surface area contributed by atoms with Gasteiger partial charge in [-0.25, -0.2) is 0 Å². The maximum absolute atomic E-state index is 10.5. The van der Waals surface area contributed by atoms with Crippen molar-refractivity contribution in [3.8, 4) is 0 Å². The molecular weight excluding hydrogens is 104 g/mol. The monoisotopic (exact) mass is 118 g/mol. The Labute approximate surface area is 50.0 Å². The van der Waals surface area contributed by atoms with Gasteiger partial charge in [0.2, 0.25) is 0 Å². The van der Waals surface area contributed by atoms with Crippen LogP contribution in [-0.2, 0) is 0 Å². The molecule has 50 valence electrons. The molecule has 0 aromatic heterocycles. The number of hydroxylamine groups is 2. The van der Waals surface area contributed by atoms with E-state index in [2.05, 4.69) is 0 Å². The summed E-state index contributed by atoms with van der Waals surface area (Å²) in [4.78, 5) is 0. The van der Waals surface area contributed by atoms with Gasteiger partial charge in [-0.2, -0.15) is 0 Å². The molecule has 0 aromatic rings. The second-order valence-corrected chi connectivity index (χ2v) is 2.26. The van der Waals surface area contributed by atoms with E-state index >= 15 is 0 Å². The van der Waals surface area contributed by atoms with Crippen LogP contribution in [0.2, 0.25) is 0 Å². The van der Waals surface area contributed by atoms with Gasteiger partial charge in [-0.05, 0) is 13.8 Å². The van der Waals surface area contributed by atoms with Crippen LogP contribution < -0.4 is 10.8 Å². The van der Waals surface area contributed by atoms with Crippen LogP contribution in [0.5, 0.6) is 0 Å². The van der Waals surface area contributed by atoms with Gasteiger partial charge >= 0.3 is 0 Å². The van der Waals surface area contributed by atoms with Crippen LogP contribution in [0.4, 0.5) is 0 Å². The van der Waals surface area contributed by atoms with Gasteiger partial charge in [0, 0.05) is 0 Å². The zero-order valence-corrected chi connectivity index (χ0v) is 5.64. The lowest BCUT2D eigenvalue weighted by molar-refractivity contribution is -0.853. The molecule has 0 aliphatic rings. The predicted molar refractivity (Wildman–Crippen MR) is 33.4 cm³/mol. The minimum Gasteiger partial charge on any atom is -0.634 e. The zero-order chi connectivity index (χ0) is 6.73. The lowest BCUT2D eigenvalue weighted by atomic mass is 10.2. The molecule has 0 saturated heterocycles. The predicted octanol–water partition coefficient (Wildman–Crippen LogP) is -1.27. The molecule has 0 heterocycles. The van der Waals surface area contributed by atoms with E-state index in [1.807, 2.05) is 13.8 Å². The molecule has 0 aliphatic carbocycles. The van der Waals surface area contributed by atoms with E-state index in [-0.39, 0.29) is 17.1 Å². The van der Waals surface area contributed by atoms with E-state index in [0.29, 0.717) is 0 Å². The molecule has 8 heavy (non-hydrogen) atoms. The molecule has 0 aliphatic heterocycles. The van der Waals surface area contributed by atoms with E-state index in [0.717, 1.165) is 0 Å². The summed E-state index contributed by atoms with van der Waals surface area (Å²) < 4.78 is 0. The first-order valence-corrected chi connectivity index (χ1v) is 2.81. The molecule has 0 radical (unpaired) electrons. The van der Waals surface area contributed by atoms with E-state index in [9.17, 15) is 5.21 Å². The summed E-state index contributed by atoms with van der Waals surface area (Å²) in [5, 5.41) is 10.7. The lowest BCUT2D eigenvalue weighted by Gasteiger charge is -2.26. The van der Waals surface area contributed by atoms with E-state index in [1.165, 1.54) is 0 Å². The SMILES string of the molecule is CC(N)C(C)[NH+](C)[O-]. The van der Waals surface area contributed by atoms with Crippen LogP contribution in [0.1, 0.15) is 13.8 Å². The Morgan fingerprint density at radius 3 is 1.88 bits per heavy atom. The molecule has 0 rings (SSSR count). The lowest BCUT2D eigenvalue weighted by Crippen LogP contribution is -3.09. The Morgan fingerprint density at radius 2 is 1.88 bits per heavy atom. The van der Waals surface area contributed by atoms with Crippen molar-refractivity contribution >= 4 is 0 Å². The van der Waals surface area contributed by atoms with E-state index in [4.69, 9.17) is 5.73 Å². The zero-order valence-electron chi connectivity index (χ0n) is 5.64. The number of nitrogens with two attached hydrogens (primary N) is 1. The second-order valence-electron chi connectivity index (χ2n) is 2.26. The average Bonchev–Trinajstić information content (AvgIpc) is 1.64. The Hall–Kier alpha value is -0.120. The first-order valence-electron chi connectivity index (χ1n) is 2.81. The third-order valence-corrected chi connectivity index (χ3v) is 1.43. The maximum Gasteiger partial charge on any atom is 0.0991 e. The number of hydrogen-bond acceptors (Lipinski definition) is 2. The molecular formula is C5H14N2O. The number of nitrogens with one attached hydrogen (secondary N) is 1. The highest BCUT2D eigenvalue weighted by Crippen LogP contribution is 1.78. The van der Waals surface area contributed by atoms with Crippen molar-refractivity contribution < 1.29 is 5.06 Å². The fraction of sp³-hybridized carbons (Fsp3) is 1.00. The number of likely N-dealkylation sites (N-methyl/N-ethyl adjacent to an activating group) is 1. The standard InChI is InChI=1S/C5H14N2O/c1-4(6)5(2)7(3)8/h4-5,7H,6H2,1-3H3. The molecule has 0 aromatic carbocycles. The Kier molecular flexibility index (Phi) is 2.97. The van der Waals surface area contributed by atoms with Crippen molar-refractivity contribution in [2.24, 2.45) is 5.73 Å². The Bertz CT molecular complexity index is 55.4. The quantitative estimate of drug-likeness (QED) is 0.444. The molecule has 3 nitrogen and oxygen atoms in total. The smallest absolute Gasteiger partial charge is 0.0991 e. The molecule has 0 fully saturated rings. The van der Waals surface area contributed by atoms with Crippen molar-refractivity contribution in [2.45, 2.75) is 25.9 Å². The van der Waals surface area contributed by atoms with Crippen molar-refractivity contribution in [3.05, 3.63) is 5.21 Å². The summed E-state index contributed by atoms with van der Waals surface area (Å²) in [5.74, 6) is 0. The molecule has 3 atom stereocenters. The molecule has 3 N–H and O–H groups in total. The molecule has 0 spiro atoms. The van der Waals surface area contributed by atoms with Crippen LogP contribution in [-0.4, -0.2) is 19.1 Å².